The number of hydrogen-bond donors (Lipinski definition) is 1. The summed E-state index contributed by atoms with van der Waals surface area (Å²) in [6.45, 7) is 20.5. The zero-order valence-electron chi connectivity index (χ0n) is 28.1. The largest absolute Gasteiger partial charge is 0.463 e. The Balaban J connectivity index is 0.000000345. The van der Waals surface area contributed by atoms with E-state index in [1.807, 2.05) is 34.6 Å². The van der Waals surface area contributed by atoms with Crippen LogP contribution >= 0.6 is 0 Å². The number of hydrogen-bond acceptors (Lipinski definition) is 6. The first-order valence-corrected chi connectivity index (χ1v) is 17.0. The van der Waals surface area contributed by atoms with Gasteiger partial charge < -0.3 is 14.7 Å². The molecule has 2 aliphatic heterocycles. The van der Waals surface area contributed by atoms with Crippen LogP contribution in [0.1, 0.15) is 135 Å². The molecule has 0 amide bonds. The predicted octanol–water partition coefficient (Wildman–Crippen LogP) is 9.06. The summed E-state index contributed by atoms with van der Waals surface area (Å²) < 4.78 is 6.37. The number of nitrogens with zero attached hydrogens (tertiary/aromatic N) is 4. The van der Waals surface area contributed by atoms with Crippen molar-refractivity contribution in [1.82, 2.24) is 14.9 Å². The molecule has 1 saturated heterocycles. The van der Waals surface area contributed by atoms with E-state index in [1.165, 1.54) is 70.1 Å². The Bertz CT molecular complexity index is 1040. The lowest BCUT2D eigenvalue weighted by molar-refractivity contribution is 0.139. The molecule has 3 heterocycles. The molecule has 1 unspecified atom stereocenters. The van der Waals surface area contributed by atoms with Gasteiger partial charge in [0.2, 0.25) is 5.88 Å². The van der Waals surface area contributed by atoms with Crippen molar-refractivity contribution in [2.75, 3.05) is 26.2 Å². The van der Waals surface area contributed by atoms with E-state index in [0.717, 1.165) is 53.8 Å². The second kappa shape index (κ2) is 19.1. The summed E-state index contributed by atoms with van der Waals surface area (Å²) in [4.78, 5) is 16.1. The first kappa shape index (κ1) is 35.9. The molecule has 1 saturated carbocycles. The van der Waals surface area contributed by atoms with Crippen molar-refractivity contribution < 1.29 is 9.84 Å². The van der Waals surface area contributed by atoms with Crippen LogP contribution < -0.4 is 4.74 Å². The van der Waals surface area contributed by atoms with E-state index in [4.69, 9.17) is 14.8 Å². The van der Waals surface area contributed by atoms with Gasteiger partial charge in [-0.25, -0.2) is 9.98 Å². The molecule has 1 N–H and O–H groups in total. The fraction of sp³-hybridized carbons (Fsp3) is 0.694. The highest BCUT2D eigenvalue weighted by Gasteiger charge is 2.38. The number of ether oxygens (including phenoxy) is 1. The zero-order valence-corrected chi connectivity index (χ0v) is 28.1. The van der Waals surface area contributed by atoms with Gasteiger partial charge in [-0.1, -0.05) is 91.5 Å². The van der Waals surface area contributed by atoms with Gasteiger partial charge in [-0.15, -0.1) is 0 Å². The third kappa shape index (κ3) is 9.87. The van der Waals surface area contributed by atoms with Crippen molar-refractivity contribution in [2.45, 2.75) is 131 Å². The Morgan fingerprint density at radius 1 is 0.929 bits per heavy atom. The Morgan fingerprint density at radius 3 is 2.14 bits per heavy atom. The molecule has 2 aromatic rings. The summed E-state index contributed by atoms with van der Waals surface area (Å²) in [5.74, 6) is 2.11. The van der Waals surface area contributed by atoms with Crippen molar-refractivity contribution in [3.63, 3.8) is 0 Å². The molecular formula is C36H60N4O2. The van der Waals surface area contributed by atoms with Crippen molar-refractivity contribution in [3.05, 3.63) is 47.4 Å². The Labute approximate surface area is 257 Å². The lowest BCUT2D eigenvalue weighted by atomic mass is 9.82. The summed E-state index contributed by atoms with van der Waals surface area (Å²) in [6.07, 6.45) is 13.8. The fourth-order valence-corrected chi connectivity index (χ4v) is 6.28. The van der Waals surface area contributed by atoms with E-state index in [2.05, 4.69) is 59.9 Å². The van der Waals surface area contributed by atoms with Crippen molar-refractivity contribution in [1.29, 1.82) is 0 Å². The third-order valence-corrected chi connectivity index (χ3v) is 8.70. The number of aromatic nitrogens is 2. The van der Waals surface area contributed by atoms with Gasteiger partial charge in [0.25, 0.3) is 0 Å². The van der Waals surface area contributed by atoms with Gasteiger partial charge in [0, 0.05) is 12.2 Å². The summed E-state index contributed by atoms with van der Waals surface area (Å²) >= 11 is 0. The molecule has 1 atom stereocenters. The predicted molar refractivity (Wildman–Crippen MR) is 178 cm³/mol. The van der Waals surface area contributed by atoms with E-state index >= 15 is 0 Å². The Morgan fingerprint density at radius 2 is 1.57 bits per heavy atom. The highest BCUT2D eigenvalue weighted by Crippen LogP contribution is 2.40. The lowest BCUT2D eigenvalue weighted by Gasteiger charge is -2.35. The van der Waals surface area contributed by atoms with Crippen molar-refractivity contribution in [3.8, 4) is 5.88 Å². The number of likely N-dealkylation sites (tertiary alicyclic amines) is 1. The molecule has 0 radical (unpaired) electrons. The van der Waals surface area contributed by atoms with Gasteiger partial charge >= 0.3 is 0 Å². The molecule has 1 aliphatic carbocycles. The van der Waals surface area contributed by atoms with E-state index < -0.39 is 5.60 Å². The summed E-state index contributed by atoms with van der Waals surface area (Å²) in [5, 5.41) is 8.73. The highest BCUT2D eigenvalue weighted by molar-refractivity contribution is 6.09. The van der Waals surface area contributed by atoms with Gasteiger partial charge in [0.05, 0.1) is 11.4 Å². The Kier molecular flexibility index (Phi) is 16.3. The van der Waals surface area contributed by atoms with Crippen LogP contribution in [0.4, 0.5) is 5.69 Å². The average molecular weight is 581 g/mol. The molecule has 1 aromatic carbocycles. The highest BCUT2D eigenvalue weighted by atomic mass is 16.5. The molecule has 5 rings (SSSR count). The normalized spacial score (nSPS) is 20.7. The molecule has 6 heteroatoms. The van der Waals surface area contributed by atoms with Crippen LogP contribution in [0.3, 0.4) is 0 Å². The number of benzene rings is 1. The number of aliphatic imine (C=N–C) groups is 1. The van der Waals surface area contributed by atoms with Crippen LogP contribution in [0.15, 0.2) is 35.6 Å². The minimum absolute atomic E-state index is 0.372. The Hall–Kier alpha value is -2.31. The number of aliphatic hydroxyl groups is 1. The summed E-state index contributed by atoms with van der Waals surface area (Å²) in [7, 11) is 0. The van der Waals surface area contributed by atoms with E-state index in [0.29, 0.717) is 12.5 Å². The quantitative estimate of drug-likeness (QED) is 0.354. The van der Waals surface area contributed by atoms with Crippen molar-refractivity contribution >= 4 is 11.4 Å². The first-order valence-electron chi connectivity index (χ1n) is 17.0. The van der Waals surface area contributed by atoms with Crippen LogP contribution in [0, 0.1) is 12.8 Å². The minimum Gasteiger partial charge on any atom is -0.463 e. The first-order chi connectivity index (χ1) is 20.5. The maximum absolute atomic E-state index is 8.73. The number of rotatable bonds is 7. The SMILES string of the molecule is CC.CC.CCCC1(C)Oc2ncnc(C)c2N=C1c1ccc(C2CCCCC2)cc1.CCN1CCC(CCO)CC1. The molecule has 3 aliphatic rings. The molecule has 6 nitrogen and oxygen atoms in total. The van der Waals surface area contributed by atoms with E-state index in [-0.39, 0.29) is 0 Å². The number of aryl methyl sites for hydroxylation is 1. The number of piperidine rings is 1. The summed E-state index contributed by atoms with van der Waals surface area (Å²) in [6, 6.07) is 9.04. The molecular weight excluding hydrogens is 520 g/mol. The van der Waals surface area contributed by atoms with Crippen LogP contribution in [0.2, 0.25) is 0 Å². The van der Waals surface area contributed by atoms with Crippen LogP contribution in [-0.4, -0.2) is 57.5 Å². The van der Waals surface area contributed by atoms with Gasteiger partial charge in [-0.2, -0.15) is 4.98 Å². The van der Waals surface area contributed by atoms with Gasteiger partial charge in [-0.05, 0) is 89.4 Å². The van der Waals surface area contributed by atoms with Gasteiger partial charge in [0.15, 0.2) is 5.60 Å². The second-order valence-corrected chi connectivity index (χ2v) is 11.5. The molecule has 1 aromatic heterocycles. The topological polar surface area (TPSA) is 70.8 Å². The lowest BCUT2D eigenvalue weighted by Crippen LogP contribution is -2.44. The second-order valence-electron chi connectivity index (χ2n) is 11.5. The van der Waals surface area contributed by atoms with Crippen LogP contribution in [-0.2, 0) is 0 Å². The number of fused-ring (bicyclic) bond motifs is 1. The molecule has 236 valence electrons. The molecule has 0 bridgehead atoms. The molecule has 2 fully saturated rings. The van der Waals surface area contributed by atoms with Crippen molar-refractivity contribution in [2.24, 2.45) is 10.9 Å². The smallest absolute Gasteiger partial charge is 0.244 e. The van der Waals surface area contributed by atoms with Gasteiger partial charge in [-0.3, -0.25) is 0 Å². The van der Waals surface area contributed by atoms with Gasteiger partial charge in [0.1, 0.15) is 12.0 Å². The van der Waals surface area contributed by atoms with Crippen LogP contribution in [0.5, 0.6) is 5.88 Å². The fourth-order valence-electron chi connectivity index (χ4n) is 6.28. The minimum atomic E-state index is -0.463. The van der Waals surface area contributed by atoms with E-state index in [9.17, 15) is 0 Å². The average Bonchev–Trinajstić information content (AvgIpc) is 3.04. The van der Waals surface area contributed by atoms with Crippen LogP contribution in [0.25, 0.3) is 0 Å². The third-order valence-electron chi connectivity index (χ3n) is 8.70. The maximum Gasteiger partial charge on any atom is 0.244 e. The molecule has 42 heavy (non-hydrogen) atoms. The monoisotopic (exact) mass is 580 g/mol. The standard InChI is InChI=1S/C23H29N3O.C9H19NO.2C2H6/c1-4-14-23(3)21(26-20-16(2)24-15-25-22(20)27-23)19-12-10-18(11-13-19)17-8-6-5-7-9-17;1-2-10-6-3-9(4-7-10)5-8-11;2*1-2/h10-13,15,17H,4-9,14H2,1-3H3;9,11H,2-8H2,1H3;2*1-2H3. The number of aliphatic hydroxyl groups excluding tert-OH is 1. The molecule has 0 spiro atoms. The summed E-state index contributed by atoms with van der Waals surface area (Å²) in [5.41, 5.74) is 4.75. The van der Waals surface area contributed by atoms with E-state index in [1.54, 1.807) is 6.33 Å². The maximum atomic E-state index is 8.73. The zero-order chi connectivity index (χ0) is 31.0.